The number of ether oxygens (including phenoxy) is 1. The highest BCUT2D eigenvalue weighted by atomic mass is 32.2. The standard InChI is InChI=1S/C18H17N5O3S/c1-9(27-18-21-17(19)22-23-18)16(24)20-12-8-14-11(7-15(12)25-2)10-5-3-4-6-13(10)26-14/h3-9H,1-2H3,(H,20,24)(H3,19,21,22,23)/t9-/m1/s1. The van der Waals surface area contributed by atoms with Gasteiger partial charge in [0.05, 0.1) is 18.0 Å². The van der Waals surface area contributed by atoms with E-state index in [1.807, 2.05) is 30.3 Å². The number of nitrogens with zero attached hydrogens (tertiary/aromatic N) is 2. The van der Waals surface area contributed by atoms with Crippen molar-refractivity contribution >= 4 is 51.2 Å². The van der Waals surface area contributed by atoms with Gasteiger partial charge in [-0.25, -0.2) is 5.10 Å². The van der Waals surface area contributed by atoms with E-state index >= 15 is 0 Å². The number of anilines is 2. The summed E-state index contributed by atoms with van der Waals surface area (Å²) in [6.45, 7) is 1.76. The number of benzene rings is 2. The molecule has 0 saturated heterocycles. The van der Waals surface area contributed by atoms with Crippen LogP contribution in [0.2, 0.25) is 0 Å². The van der Waals surface area contributed by atoms with Crippen LogP contribution >= 0.6 is 11.8 Å². The average molecular weight is 383 g/mol. The van der Waals surface area contributed by atoms with E-state index in [1.54, 1.807) is 20.1 Å². The summed E-state index contributed by atoms with van der Waals surface area (Å²) >= 11 is 1.20. The molecular weight excluding hydrogens is 366 g/mol. The lowest BCUT2D eigenvalue weighted by Gasteiger charge is -2.13. The van der Waals surface area contributed by atoms with E-state index in [0.29, 0.717) is 22.2 Å². The van der Waals surface area contributed by atoms with Crippen molar-refractivity contribution in [2.45, 2.75) is 17.3 Å². The monoisotopic (exact) mass is 383 g/mol. The number of methoxy groups -OCH3 is 1. The van der Waals surface area contributed by atoms with E-state index in [1.165, 1.54) is 11.8 Å². The Hall–Kier alpha value is -3.20. The second kappa shape index (κ2) is 6.84. The van der Waals surface area contributed by atoms with Crippen molar-refractivity contribution in [3.63, 3.8) is 0 Å². The molecule has 0 aliphatic heterocycles. The van der Waals surface area contributed by atoms with Crippen molar-refractivity contribution in [1.82, 2.24) is 15.2 Å². The Morgan fingerprint density at radius 3 is 2.85 bits per heavy atom. The molecule has 0 aliphatic rings. The second-order valence-corrected chi connectivity index (χ2v) is 7.21. The van der Waals surface area contributed by atoms with Gasteiger partial charge >= 0.3 is 0 Å². The molecule has 2 aromatic carbocycles. The summed E-state index contributed by atoms with van der Waals surface area (Å²) < 4.78 is 11.3. The van der Waals surface area contributed by atoms with Gasteiger partial charge in [-0.15, -0.1) is 5.10 Å². The van der Waals surface area contributed by atoms with Gasteiger partial charge in [0.25, 0.3) is 0 Å². The zero-order chi connectivity index (χ0) is 19.0. The van der Waals surface area contributed by atoms with E-state index in [2.05, 4.69) is 20.5 Å². The molecule has 0 bridgehead atoms. The number of para-hydroxylation sites is 1. The molecule has 4 aromatic rings. The number of nitrogen functional groups attached to an aromatic ring is 1. The van der Waals surface area contributed by atoms with Gasteiger partial charge < -0.3 is 20.2 Å². The number of thioether (sulfide) groups is 1. The Balaban J connectivity index is 1.62. The lowest BCUT2D eigenvalue weighted by Crippen LogP contribution is -2.22. The Morgan fingerprint density at radius 1 is 1.30 bits per heavy atom. The number of carbonyl (C=O) groups is 1. The zero-order valence-electron chi connectivity index (χ0n) is 14.6. The molecule has 0 spiro atoms. The molecule has 2 heterocycles. The topological polar surface area (TPSA) is 119 Å². The van der Waals surface area contributed by atoms with Crippen LogP contribution in [0.1, 0.15) is 6.92 Å². The van der Waals surface area contributed by atoms with Crippen molar-refractivity contribution in [3.8, 4) is 5.75 Å². The number of aromatic amines is 1. The molecule has 4 rings (SSSR count). The number of amides is 1. The first kappa shape index (κ1) is 17.2. The largest absolute Gasteiger partial charge is 0.495 e. The van der Waals surface area contributed by atoms with E-state index < -0.39 is 5.25 Å². The zero-order valence-corrected chi connectivity index (χ0v) is 15.5. The fourth-order valence-corrected chi connectivity index (χ4v) is 3.51. The molecule has 9 heteroatoms. The Labute approximate surface area is 158 Å². The number of nitrogens with two attached hydrogens (primary N) is 1. The minimum atomic E-state index is -0.434. The predicted molar refractivity (Wildman–Crippen MR) is 105 cm³/mol. The van der Waals surface area contributed by atoms with Gasteiger partial charge in [0.2, 0.25) is 17.0 Å². The minimum Gasteiger partial charge on any atom is -0.495 e. The summed E-state index contributed by atoms with van der Waals surface area (Å²) in [5, 5.41) is 11.3. The SMILES string of the molecule is COc1cc2c(cc1NC(=O)[C@@H](C)Sc1n[nH]c(N)n1)oc1ccccc12. The fraction of sp³-hybridized carbons (Fsp3) is 0.167. The number of furan rings is 1. The molecule has 0 unspecified atom stereocenters. The molecule has 2 aromatic heterocycles. The first-order chi connectivity index (χ1) is 13.0. The lowest BCUT2D eigenvalue weighted by atomic mass is 10.1. The maximum Gasteiger partial charge on any atom is 0.237 e. The molecule has 1 atom stereocenters. The molecule has 138 valence electrons. The number of rotatable bonds is 5. The molecule has 1 amide bonds. The van der Waals surface area contributed by atoms with Gasteiger partial charge in [0, 0.05) is 16.8 Å². The molecule has 0 saturated carbocycles. The smallest absolute Gasteiger partial charge is 0.237 e. The molecule has 0 radical (unpaired) electrons. The van der Waals surface area contributed by atoms with Gasteiger partial charge in [0.1, 0.15) is 16.9 Å². The highest BCUT2D eigenvalue weighted by Crippen LogP contribution is 2.36. The normalized spacial score (nSPS) is 12.4. The summed E-state index contributed by atoms with van der Waals surface area (Å²) in [5.74, 6) is 0.556. The summed E-state index contributed by atoms with van der Waals surface area (Å²) in [4.78, 5) is 16.6. The average Bonchev–Trinajstić information content (AvgIpc) is 3.23. The molecule has 0 aliphatic carbocycles. The van der Waals surface area contributed by atoms with Crippen molar-refractivity contribution in [1.29, 1.82) is 0 Å². The van der Waals surface area contributed by atoms with Gasteiger partial charge in [-0.1, -0.05) is 30.0 Å². The van der Waals surface area contributed by atoms with Crippen LogP contribution in [0.5, 0.6) is 5.75 Å². The summed E-state index contributed by atoms with van der Waals surface area (Å²) in [5.41, 5.74) is 7.50. The van der Waals surface area contributed by atoms with Gasteiger partial charge in [-0.3, -0.25) is 4.79 Å². The van der Waals surface area contributed by atoms with Crippen molar-refractivity contribution < 1.29 is 13.9 Å². The summed E-state index contributed by atoms with van der Waals surface area (Å²) in [7, 11) is 1.56. The number of hydrogen-bond donors (Lipinski definition) is 3. The van der Waals surface area contributed by atoms with E-state index in [4.69, 9.17) is 14.9 Å². The molecule has 27 heavy (non-hydrogen) atoms. The molecule has 0 fully saturated rings. The molecule has 4 N–H and O–H groups in total. The predicted octanol–water partition coefficient (Wildman–Crippen LogP) is 3.41. The molecule has 8 nitrogen and oxygen atoms in total. The van der Waals surface area contributed by atoms with Gasteiger partial charge in [0.15, 0.2) is 0 Å². The minimum absolute atomic E-state index is 0.210. The van der Waals surface area contributed by atoms with Crippen LogP contribution in [0.25, 0.3) is 21.9 Å². The maximum atomic E-state index is 12.6. The third-order valence-corrected chi connectivity index (χ3v) is 5.05. The van der Waals surface area contributed by atoms with Crippen LogP contribution in [-0.2, 0) is 4.79 Å². The highest BCUT2D eigenvalue weighted by molar-refractivity contribution is 8.00. The van der Waals surface area contributed by atoms with E-state index in [-0.39, 0.29) is 11.9 Å². The van der Waals surface area contributed by atoms with Crippen molar-refractivity contribution in [2.24, 2.45) is 0 Å². The third-order valence-electron chi connectivity index (χ3n) is 4.09. The van der Waals surface area contributed by atoms with Crippen LogP contribution in [0.3, 0.4) is 0 Å². The summed E-state index contributed by atoms with van der Waals surface area (Å²) in [6, 6.07) is 11.4. The third kappa shape index (κ3) is 3.28. The van der Waals surface area contributed by atoms with Crippen molar-refractivity contribution in [2.75, 3.05) is 18.2 Å². The Morgan fingerprint density at radius 2 is 2.11 bits per heavy atom. The van der Waals surface area contributed by atoms with Gasteiger partial charge in [-0.2, -0.15) is 4.98 Å². The van der Waals surface area contributed by atoms with Crippen LogP contribution in [0.4, 0.5) is 11.6 Å². The van der Waals surface area contributed by atoms with E-state index in [0.717, 1.165) is 16.4 Å². The highest BCUT2D eigenvalue weighted by Gasteiger charge is 2.20. The lowest BCUT2D eigenvalue weighted by molar-refractivity contribution is -0.115. The van der Waals surface area contributed by atoms with Crippen LogP contribution < -0.4 is 15.8 Å². The maximum absolute atomic E-state index is 12.6. The van der Waals surface area contributed by atoms with E-state index in [9.17, 15) is 4.79 Å². The quantitative estimate of drug-likeness (QED) is 0.452. The van der Waals surface area contributed by atoms with Crippen LogP contribution in [-0.4, -0.2) is 33.4 Å². The van der Waals surface area contributed by atoms with Gasteiger partial charge in [-0.05, 0) is 19.1 Å². The number of H-pyrrole nitrogens is 1. The second-order valence-electron chi connectivity index (χ2n) is 5.90. The first-order valence-corrected chi connectivity index (χ1v) is 9.08. The number of nitrogens with one attached hydrogen (secondary N) is 2. The number of aromatic nitrogens is 3. The fourth-order valence-electron chi connectivity index (χ4n) is 2.77. The molecular formula is C18H17N5O3S. The summed E-state index contributed by atoms with van der Waals surface area (Å²) in [6.07, 6.45) is 0. The first-order valence-electron chi connectivity index (χ1n) is 8.20. The Bertz CT molecular complexity index is 1140. The van der Waals surface area contributed by atoms with Crippen LogP contribution in [0.15, 0.2) is 46.0 Å². The number of carbonyl (C=O) groups excluding carboxylic acids is 1. The number of fused-ring (bicyclic) bond motifs is 3. The Kier molecular flexibility index (Phi) is 4.36. The number of hydrogen-bond acceptors (Lipinski definition) is 7. The van der Waals surface area contributed by atoms with Crippen molar-refractivity contribution in [3.05, 3.63) is 36.4 Å². The van der Waals surface area contributed by atoms with Crippen LogP contribution in [0, 0.1) is 0 Å².